The summed E-state index contributed by atoms with van der Waals surface area (Å²) >= 11 is 0. The number of aliphatic hydroxyl groups is 1. The first-order chi connectivity index (χ1) is 8.61. The molecule has 1 atom stereocenters. The fourth-order valence-electron chi connectivity index (χ4n) is 1.41. The summed E-state index contributed by atoms with van der Waals surface area (Å²) in [7, 11) is 0. The average molecular weight is 252 g/mol. The van der Waals surface area contributed by atoms with Gasteiger partial charge in [0.25, 0.3) is 0 Å². The van der Waals surface area contributed by atoms with Crippen LogP contribution in [0.1, 0.15) is 12.0 Å². The Labute approximate surface area is 107 Å². The Morgan fingerprint density at radius 2 is 2.33 bits per heavy atom. The van der Waals surface area contributed by atoms with Gasteiger partial charge in [0.15, 0.2) is 0 Å². The SMILES string of the molecule is Cc1cccc(OCC(O)CNC(=O)CCN)c1. The molecule has 0 fully saturated rings. The fraction of sp³-hybridized carbons (Fsp3) is 0.462. The van der Waals surface area contributed by atoms with Crippen LogP contribution in [0.4, 0.5) is 0 Å². The Kier molecular flexibility index (Phi) is 6.18. The third kappa shape index (κ3) is 5.65. The summed E-state index contributed by atoms with van der Waals surface area (Å²) in [5.74, 6) is 0.550. The highest BCUT2D eigenvalue weighted by atomic mass is 16.5. The predicted octanol–water partition coefficient (Wildman–Crippen LogP) is 0.200. The zero-order chi connectivity index (χ0) is 13.4. The van der Waals surface area contributed by atoms with Crippen molar-refractivity contribution in [3.05, 3.63) is 29.8 Å². The molecular formula is C13H20N2O3. The van der Waals surface area contributed by atoms with E-state index in [1.165, 1.54) is 0 Å². The molecule has 1 rings (SSSR count). The smallest absolute Gasteiger partial charge is 0.221 e. The first-order valence-corrected chi connectivity index (χ1v) is 5.96. The molecule has 0 radical (unpaired) electrons. The number of amides is 1. The molecule has 0 aliphatic rings. The van der Waals surface area contributed by atoms with Crippen LogP contribution in [-0.2, 0) is 4.79 Å². The lowest BCUT2D eigenvalue weighted by Crippen LogP contribution is -2.36. The second-order valence-corrected chi connectivity index (χ2v) is 4.12. The number of hydrogen-bond donors (Lipinski definition) is 3. The fourth-order valence-corrected chi connectivity index (χ4v) is 1.41. The summed E-state index contributed by atoms with van der Waals surface area (Å²) in [5, 5.41) is 12.2. The molecule has 0 aromatic heterocycles. The van der Waals surface area contributed by atoms with Crippen molar-refractivity contribution in [3.8, 4) is 5.75 Å². The minimum absolute atomic E-state index is 0.145. The molecule has 4 N–H and O–H groups in total. The third-order valence-corrected chi connectivity index (χ3v) is 2.34. The molecule has 1 amide bonds. The summed E-state index contributed by atoms with van der Waals surface area (Å²) in [6.45, 7) is 2.59. The van der Waals surface area contributed by atoms with E-state index in [0.29, 0.717) is 12.3 Å². The molecule has 18 heavy (non-hydrogen) atoms. The predicted molar refractivity (Wildman–Crippen MR) is 69.4 cm³/mol. The Bertz CT molecular complexity index is 382. The van der Waals surface area contributed by atoms with Crippen molar-refractivity contribution in [2.45, 2.75) is 19.4 Å². The molecule has 0 heterocycles. The van der Waals surface area contributed by atoms with E-state index < -0.39 is 6.10 Å². The molecule has 1 aromatic rings. The molecule has 100 valence electrons. The van der Waals surface area contributed by atoms with Gasteiger partial charge in [-0.3, -0.25) is 4.79 Å². The summed E-state index contributed by atoms with van der Waals surface area (Å²) in [4.78, 5) is 11.1. The van der Waals surface area contributed by atoms with Gasteiger partial charge in [0.2, 0.25) is 5.91 Å². The number of nitrogens with one attached hydrogen (secondary N) is 1. The van der Waals surface area contributed by atoms with Crippen LogP contribution in [0.3, 0.4) is 0 Å². The molecule has 0 saturated carbocycles. The Morgan fingerprint density at radius 3 is 3.00 bits per heavy atom. The maximum Gasteiger partial charge on any atom is 0.221 e. The van der Waals surface area contributed by atoms with E-state index >= 15 is 0 Å². The number of benzene rings is 1. The Balaban J connectivity index is 2.24. The van der Waals surface area contributed by atoms with E-state index in [4.69, 9.17) is 10.5 Å². The molecule has 0 aliphatic carbocycles. The van der Waals surface area contributed by atoms with Crippen LogP contribution in [0, 0.1) is 6.92 Å². The number of rotatable bonds is 7. The van der Waals surface area contributed by atoms with Crippen LogP contribution in [0.2, 0.25) is 0 Å². The van der Waals surface area contributed by atoms with E-state index in [1.54, 1.807) is 0 Å². The monoisotopic (exact) mass is 252 g/mol. The minimum Gasteiger partial charge on any atom is -0.491 e. The molecule has 1 unspecified atom stereocenters. The van der Waals surface area contributed by atoms with Crippen molar-refractivity contribution in [1.29, 1.82) is 0 Å². The van der Waals surface area contributed by atoms with Gasteiger partial charge in [0.1, 0.15) is 18.5 Å². The summed E-state index contributed by atoms with van der Waals surface area (Å²) in [6, 6.07) is 7.57. The van der Waals surface area contributed by atoms with Crippen LogP contribution in [-0.4, -0.2) is 36.8 Å². The maximum absolute atomic E-state index is 11.1. The second-order valence-electron chi connectivity index (χ2n) is 4.12. The number of aryl methyl sites for hydroxylation is 1. The number of aliphatic hydroxyl groups excluding tert-OH is 1. The van der Waals surface area contributed by atoms with Gasteiger partial charge in [-0.2, -0.15) is 0 Å². The Morgan fingerprint density at radius 1 is 1.56 bits per heavy atom. The van der Waals surface area contributed by atoms with Gasteiger partial charge >= 0.3 is 0 Å². The van der Waals surface area contributed by atoms with Crippen molar-refractivity contribution in [2.75, 3.05) is 19.7 Å². The molecule has 0 spiro atoms. The van der Waals surface area contributed by atoms with Crippen molar-refractivity contribution in [1.82, 2.24) is 5.32 Å². The Hall–Kier alpha value is -1.59. The lowest BCUT2D eigenvalue weighted by Gasteiger charge is -2.13. The number of hydrogen-bond acceptors (Lipinski definition) is 4. The lowest BCUT2D eigenvalue weighted by atomic mass is 10.2. The van der Waals surface area contributed by atoms with E-state index in [2.05, 4.69) is 5.32 Å². The zero-order valence-electron chi connectivity index (χ0n) is 10.6. The molecular weight excluding hydrogens is 232 g/mol. The van der Waals surface area contributed by atoms with E-state index in [-0.39, 0.29) is 25.5 Å². The quantitative estimate of drug-likeness (QED) is 0.647. The van der Waals surface area contributed by atoms with Crippen molar-refractivity contribution in [3.63, 3.8) is 0 Å². The minimum atomic E-state index is -0.729. The molecule has 0 saturated heterocycles. The molecule has 1 aromatic carbocycles. The van der Waals surface area contributed by atoms with Gasteiger partial charge in [-0.1, -0.05) is 12.1 Å². The van der Waals surface area contributed by atoms with Gasteiger partial charge in [0, 0.05) is 19.5 Å². The summed E-state index contributed by atoms with van der Waals surface area (Å²) < 4.78 is 5.41. The van der Waals surface area contributed by atoms with Crippen LogP contribution < -0.4 is 15.8 Å². The van der Waals surface area contributed by atoms with Crippen LogP contribution in [0.25, 0.3) is 0 Å². The number of ether oxygens (including phenoxy) is 1. The lowest BCUT2D eigenvalue weighted by molar-refractivity contribution is -0.121. The largest absolute Gasteiger partial charge is 0.491 e. The highest BCUT2D eigenvalue weighted by Gasteiger charge is 2.07. The number of carbonyl (C=O) groups excluding carboxylic acids is 1. The van der Waals surface area contributed by atoms with Gasteiger partial charge < -0.3 is 20.9 Å². The molecule has 5 heteroatoms. The van der Waals surface area contributed by atoms with Crippen LogP contribution >= 0.6 is 0 Å². The first-order valence-electron chi connectivity index (χ1n) is 5.96. The first kappa shape index (κ1) is 14.5. The summed E-state index contributed by atoms with van der Waals surface area (Å²) in [6.07, 6.45) is -0.460. The maximum atomic E-state index is 11.1. The van der Waals surface area contributed by atoms with Gasteiger partial charge in [0.05, 0.1) is 0 Å². The average Bonchev–Trinajstić information content (AvgIpc) is 2.34. The van der Waals surface area contributed by atoms with Crippen molar-refractivity contribution >= 4 is 5.91 Å². The number of nitrogens with two attached hydrogens (primary N) is 1. The van der Waals surface area contributed by atoms with Crippen LogP contribution in [0.5, 0.6) is 5.75 Å². The normalized spacial score (nSPS) is 11.9. The van der Waals surface area contributed by atoms with E-state index in [9.17, 15) is 9.90 Å². The summed E-state index contributed by atoms with van der Waals surface area (Å²) in [5.41, 5.74) is 6.33. The van der Waals surface area contributed by atoms with Crippen molar-refractivity contribution < 1.29 is 14.6 Å². The molecule has 0 bridgehead atoms. The number of carbonyl (C=O) groups is 1. The topological polar surface area (TPSA) is 84.6 Å². The molecule has 0 aliphatic heterocycles. The van der Waals surface area contributed by atoms with E-state index in [0.717, 1.165) is 5.56 Å². The van der Waals surface area contributed by atoms with Gasteiger partial charge in [-0.05, 0) is 24.6 Å². The van der Waals surface area contributed by atoms with Gasteiger partial charge in [-0.15, -0.1) is 0 Å². The van der Waals surface area contributed by atoms with E-state index in [1.807, 2.05) is 31.2 Å². The highest BCUT2D eigenvalue weighted by molar-refractivity contribution is 5.76. The highest BCUT2D eigenvalue weighted by Crippen LogP contribution is 2.12. The van der Waals surface area contributed by atoms with Crippen molar-refractivity contribution in [2.24, 2.45) is 5.73 Å². The second kappa shape index (κ2) is 7.68. The molecule has 5 nitrogen and oxygen atoms in total. The van der Waals surface area contributed by atoms with Crippen LogP contribution in [0.15, 0.2) is 24.3 Å². The zero-order valence-corrected chi connectivity index (χ0v) is 10.6. The van der Waals surface area contributed by atoms with Gasteiger partial charge in [-0.25, -0.2) is 0 Å². The third-order valence-electron chi connectivity index (χ3n) is 2.34. The standard InChI is InChI=1S/C13H20N2O3/c1-10-3-2-4-12(7-10)18-9-11(16)8-15-13(17)5-6-14/h2-4,7,11,16H,5-6,8-9,14H2,1H3,(H,15,17).